The van der Waals surface area contributed by atoms with E-state index in [0.29, 0.717) is 0 Å². The molecule has 0 atom stereocenters. The van der Waals surface area contributed by atoms with Gasteiger partial charge in [-0.25, -0.2) is 14.5 Å². The maximum Gasteiger partial charge on any atom is 1.00 e. The molecule has 0 spiro atoms. The van der Waals surface area contributed by atoms with E-state index in [-0.39, 0.29) is 54.2 Å². The molecule has 4 N–H and O–H groups in total. The van der Waals surface area contributed by atoms with Gasteiger partial charge in [0, 0.05) is 6.20 Å². The zero-order valence-electron chi connectivity index (χ0n) is 17.3. The van der Waals surface area contributed by atoms with Crippen LogP contribution >= 0.6 is 0 Å². The van der Waals surface area contributed by atoms with Crippen LogP contribution < -0.4 is 53.8 Å². The molecule has 0 aromatic carbocycles. The van der Waals surface area contributed by atoms with Gasteiger partial charge in [-0.3, -0.25) is 5.32 Å². The number of rotatable bonds is 7. The third-order valence-electron chi connectivity index (χ3n) is 2.93. The first kappa shape index (κ1) is 28.6. The van der Waals surface area contributed by atoms with E-state index in [2.05, 4.69) is 19.7 Å². The van der Waals surface area contributed by atoms with E-state index in [4.69, 9.17) is 9.47 Å². The summed E-state index contributed by atoms with van der Waals surface area (Å²) in [5.41, 5.74) is 0. The zero-order chi connectivity index (χ0) is 21.7. The number of ether oxygens (including phenoxy) is 3. The number of hydrogen-bond donors (Lipinski definition) is 2. The van der Waals surface area contributed by atoms with E-state index in [9.17, 15) is 26.4 Å². The van der Waals surface area contributed by atoms with E-state index < -0.39 is 39.6 Å². The summed E-state index contributed by atoms with van der Waals surface area (Å²) in [6.07, 6.45) is -3.70. The Kier molecular flexibility index (Phi) is 10.9. The largest absolute Gasteiger partial charge is 1.00 e. The predicted octanol–water partition coefficient (Wildman–Crippen LogP) is -2.37. The van der Waals surface area contributed by atoms with Crippen molar-refractivity contribution in [3.63, 3.8) is 0 Å². The standard InChI is InChI=1S/C14H14F3N5O6S.Na.H2O.H/c1-26-9-6-10(27-2)20-12(19-9)21-13(23)22-29(24,25)11-8(4-3-5-18-11)28-7-14(15,16)17;;;/h3-6H,7H2,1-2H3,(H2,19,20,21,22,23);;1H2;/q;+1;;-1. The van der Waals surface area contributed by atoms with Crippen LogP contribution in [-0.2, 0) is 10.0 Å². The normalized spacial score (nSPS) is 10.7. The number of hydrogen-bond acceptors (Lipinski definition) is 9. The van der Waals surface area contributed by atoms with Crippen LogP contribution in [0.25, 0.3) is 0 Å². The van der Waals surface area contributed by atoms with Gasteiger partial charge < -0.3 is 21.1 Å². The number of urea groups is 1. The van der Waals surface area contributed by atoms with Crippen LogP contribution in [0.5, 0.6) is 17.5 Å². The zero-order valence-corrected chi connectivity index (χ0v) is 19.2. The van der Waals surface area contributed by atoms with Crippen molar-refractivity contribution in [2.75, 3.05) is 26.1 Å². The topological polar surface area (TPSA) is 173 Å². The van der Waals surface area contributed by atoms with Crippen molar-refractivity contribution in [1.29, 1.82) is 0 Å². The fraction of sp³-hybridized carbons (Fsp3) is 0.286. The molecule has 0 aliphatic heterocycles. The number of anilines is 1. The smallest absolute Gasteiger partial charge is 1.00 e. The van der Waals surface area contributed by atoms with Crippen molar-refractivity contribution in [3.05, 3.63) is 24.4 Å². The minimum atomic E-state index is -4.70. The van der Waals surface area contributed by atoms with E-state index in [1.54, 1.807) is 4.72 Å². The van der Waals surface area contributed by atoms with Gasteiger partial charge in [0.05, 0.1) is 20.3 Å². The number of nitrogens with zero attached hydrogens (tertiary/aromatic N) is 3. The fourth-order valence-electron chi connectivity index (χ4n) is 1.81. The second-order valence-electron chi connectivity index (χ2n) is 5.05. The first-order valence-electron chi connectivity index (χ1n) is 7.49. The summed E-state index contributed by atoms with van der Waals surface area (Å²) in [5, 5.41) is 1.12. The number of carbonyl (C=O) groups is 1. The molecule has 2 aromatic heterocycles. The molecule has 31 heavy (non-hydrogen) atoms. The molecule has 2 amide bonds. The molecule has 0 saturated heterocycles. The van der Waals surface area contributed by atoms with Gasteiger partial charge in [0.2, 0.25) is 22.7 Å². The molecular weight excluding hydrogens is 462 g/mol. The van der Waals surface area contributed by atoms with Crippen molar-refractivity contribution in [2.24, 2.45) is 0 Å². The van der Waals surface area contributed by atoms with Crippen LogP contribution in [0.15, 0.2) is 29.4 Å². The third-order valence-corrected chi connectivity index (χ3v) is 4.20. The van der Waals surface area contributed by atoms with Gasteiger partial charge in [-0.15, -0.1) is 0 Å². The SMILES string of the molecule is COc1cc(OC)nc(NC(=O)NS(=O)(=O)c2ncccc2OCC(F)(F)F)n1.O.[H-].[Na+]. The second kappa shape index (κ2) is 11.8. The molecule has 0 unspecified atom stereocenters. The number of aromatic nitrogens is 3. The Morgan fingerprint density at radius 1 is 1.19 bits per heavy atom. The van der Waals surface area contributed by atoms with Gasteiger partial charge in [-0.1, -0.05) is 0 Å². The molecular formula is C14H17F3N5NaO7S. The summed E-state index contributed by atoms with van der Waals surface area (Å²) in [4.78, 5) is 23.0. The average molecular weight is 479 g/mol. The number of sulfonamides is 1. The van der Waals surface area contributed by atoms with Gasteiger partial charge in [-0.05, 0) is 12.1 Å². The Morgan fingerprint density at radius 2 is 1.77 bits per heavy atom. The van der Waals surface area contributed by atoms with E-state index in [1.807, 2.05) is 5.32 Å². The van der Waals surface area contributed by atoms with Crippen molar-refractivity contribution in [2.45, 2.75) is 11.2 Å². The molecule has 2 rings (SSSR count). The maximum absolute atomic E-state index is 12.3. The second-order valence-corrected chi connectivity index (χ2v) is 6.64. The molecule has 2 aromatic rings. The van der Waals surface area contributed by atoms with Crippen LogP contribution in [0.2, 0.25) is 0 Å². The Bertz CT molecular complexity index is 979. The monoisotopic (exact) mass is 479 g/mol. The van der Waals surface area contributed by atoms with Gasteiger partial charge in [0.25, 0.3) is 10.0 Å². The molecule has 0 aliphatic carbocycles. The average Bonchev–Trinajstić information content (AvgIpc) is 2.65. The van der Waals surface area contributed by atoms with Gasteiger partial charge in [-0.2, -0.15) is 31.6 Å². The number of pyridine rings is 1. The van der Waals surface area contributed by atoms with Crippen LogP contribution in [0.3, 0.4) is 0 Å². The summed E-state index contributed by atoms with van der Waals surface area (Å²) < 4.78 is 77.5. The molecule has 17 heteroatoms. The minimum Gasteiger partial charge on any atom is -1.00 e. The van der Waals surface area contributed by atoms with E-state index in [0.717, 1.165) is 12.3 Å². The van der Waals surface area contributed by atoms with Crippen LogP contribution in [-0.4, -0.2) is 61.9 Å². The van der Waals surface area contributed by atoms with Crippen molar-refractivity contribution in [1.82, 2.24) is 19.7 Å². The molecule has 2 heterocycles. The number of halogens is 3. The molecule has 12 nitrogen and oxygen atoms in total. The van der Waals surface area contributed by atoms with Gasteiger partial charge in [0.1, 0.15) is 0 Å². The molecule has 0 bridgehead atoms. The summed E-state index contributed by atoms with van der Waals surface area (Å²) in [6.45, 7) is -1.75. The summed E-state index contributed by atoms with van der Waals surface area (Å²) in [6, 6.07) is 2.12. The number of alkyl halides is 3. The maximum atomic E-state index is 12.3. The Balaban J connectivity index is 0. The Morgan fingerprint density at radius 3 is 2.29 bits per heavy atom. The molecule has 168 valence electrons. The summed E-state index contributed by atoms with van der Waals surface area (Å²) in [5.74, 6) is -1.02. The van der Waals surface area contributed by atoms with Crippen LogP contribution in [0.4, 0.5) is 23.9 Å². The molecule has 0 aliphatic rings. The number of amides is 2. The molecule has 0 fully saturated rings. The van der Waals surface area contributed by atoms with Crippen molar-refractivity contribution >= 4 is 22.0 Å². The van der Waals surface area contributed by atoms with E-state index in [1.165, 1.54) is 26.4 Å². The van der Waals surface area contributed by atoms with Crippen LogP contribution in [0, 0.1) is 0 Å². The van der Waals surface area contributed by atoms with Crippen LogP contribution in [0.1, 0.15) is 1.43 Å². The van der Waals surface area contributed by atoms with Crippen molar-refractivity contribution < 1.29 is 77.1 Å². The quantitative estimate of drug-likeness (QED) is 0.412. The summed E-state index contributed by atoms with van der Waals surface area (Å²) in [7, 11) is -2.11. The predicted molar refractivity (Wildman–Crippen MR) is 95.0 cm³/mol. The van der Waals surface area contributed by atoms with Gasteiger partial charge in [0.15, 0.2) is 12.4 Å². The van der Waals surface area contributed by atoms with Gasteiger partial charge >= 0.3 is 41.8 Å². The Hall–Kier alpha value is -2.40. The fourth-order valence-corrected chi connectivity index (χ4v) is 2.80. The Labute approximate surface area is 197 Å². The third kappa shape index (κ3) is 8.70. The minimum absolute atomic E-state index is 0. The first-order valence-corrected chi connectivity index (χ1v) is 8.98. The molecule has 0 radical (unpaired) electrons. The first-order chi connectivity index (χ1) is 13.5. The molecule has 0 saturated carbocycles. The summed E-state index contributed by atoms with van der Waals surface area (Å²) >= 11 is 0. The number of carbonyl (C=O) groups excluding carboxylic acids is 1. The number of nitrogens with one attached hydrogen (secondary N) is 2. The van der Waals surface area contributed by atoms with Crippen molar-refractivity contribution in [3.8, 4) is 17.5 Å². The van der Waals surface area contributed by atoms with E-state index >= 15 is 0 Å². The number of methoxy groups -OCH3 is 2.